The van der Waals surface area contributed by atoms with Gasteiger partial charge in [-0.1, -0.05) is 36.4 Å². The topological polar surface area (TPSA) is 88.9 Å². The summed E-state index contributed by atoms with van der Waals surface area (Å²) in [7, 11) is 1.54. The highest BCUT2D eigenvalue weighted by Gasteiger charge is 2.28. The van der Waals surface area contributed by atoms with Gasteiger partial charge in [0.25, 0.3) is 0 Å². The highest BCUT2D eigenvalue weighted by molar-refractivity contribution is 6.17. The third-order valence-corrected chi connectivity index (χ3v) is 5.47. The van der Waals surface area contributed by atoms with Crippen LogP contribution in [0.25, 0.3) is 21.8 Å². The van der Waals surface area contributed by atoms with Crippen LogP contribution in [0.2, 0.25) is 0 Å². The Hall–Kier alpha value is -3.91. The Labute approximate surface area is 209 Å². The van der Waals surface area contributed by atoms with Crippen LogP contribution >= 0.6 is 0 Å². The first-order valence-corrected chi connectivity index (χ1v) is 11.8. The second-order valence-electron chi connectivity index (χ2n) is 9.24. The number of fused-ring (bicyclic) bond motifs is 3. The van der Waals surface area contributed by atoms with Gasteiger partial charge in [0.15, 0.2) is 5.69 Å². The van der Waals surface area contributed by atoms with Gasteiger partial charge in [0.05, 0.1) is 35.8 Å². The summed E-state index contributed by atoms with van der Waals surface area (Å²) in [5, 5.41) is 1.29. The van der Waals surface area contributed by atoms with E-state index in [9.17, 15) is 9.59 Å². The van der Waals surface area contributed by atoms with Crippen molar-refractivity contribution < 1.29 is 28.5 Å². The van der Waals surface area contributed by atoms with E-state index in [0.29, 0.717) is 39.7 Å². The zero-order chi connectivity index (χ0) is 25.9. The fourth-order valence-electron chi connectivity index (χ4n) is 4.10. The Balaban J connectivity index is 2.00. The minimum Gasteiger partial charge on any atom is -0.488 e. The fourth-order valence-corrected chi connectivity index (χ4v) is 4.10. The Bertz CT molecular complexity index is 1400. The Morgan fingerprint density at radius 1 is 0.944 bits per heavy atom. The van der Waals surface area contributed by atoms with Crippen LogP contribution in [0, 0.1) is 0 Å². The van der Waals surface area contributed by atoms with Gasteiger partial charge in [0.2, 0.25) is 0 Å². The van der Waals surface area contributed by atoms with Crippen LogP contribution in [0.1, 0.15) is 49.3 Å². The zero-order valence-corrected chi connectivity index (χ0v) is 21.2. The quantitative estimate of drug-likeness (QED) is 0.299. The van der Waals surface area contributed by atoms with Gasteiger partial charge in [-0.15, -0.1) is 0 Å². The maximum atomic E-state index is 13.4. The van der Waals surface area contributed by atoms with Crippen molar-refractivity contribution in [1.29, 1.82) is 0 Å². The lowest BCUT2D eigenvalue weighted by Gasteiger charge is -2.20. The summed E-state index contributed by atoms with van der Waals surface area (Å²) in [4.78, 5) is 30.5. The number of benzene rings is 2. The number of methoxy groups -OCH3 is 1. The van der Waals surface area contributed by atoms with E-state index < -0.39 is 17.7 Å². The Morgan fingerprint density at radius 2 is 1.69 bits per heavy atom. The highest BCUT2D eigenvalue weighted by atomic mass is 16.6. The summed E-state index contributed by atoms with van der Waals surface area (Å²) < 4.78 is 24.1. The second kappa shape index (κ2) is 10.4. The van der Waals surface area contributed by atoms with Gasteiger partial charge in [-0.3, -0.25) is 0 Å². The number of rotatable bonds is 7. The monoisotopic (exact) mass is 490 g/mol. The van der Waals surface area contributed by atoms with Gasteiger partial charge in [-0.05, 0) is 45.4 Å². The summed E-state index contributed by atoms with van der Waals surface area (Å²) >= 11 is 0. The maximum Gasteiger partial charge on any atom is 0.419 e. The average Bonchev–Trinajstić information content (AvgIpc) is 3.18. The molecule has 0 bridgehead atoms. The first-order chi connectivity index (χ1) is 17.2. The number of pyridine rings is 1. The maximum absolute atomic E-state index is 13.4. The molecule has 0 unspecified atom stereocenters. The van der Waals surface area contributed by atoms with E-state index in [4.69, 9.17) is 18.9 Å². The van der Waals surface area contributed by atoms with E-state index in [1.807, 2.05) is 48.5 Å². The number of carbonyl (C=O) groups excluding carboxylic acids is 2. The summed E-state index contributed by atoms with van der Waals surface area (Å²) in [5.74, 6) is -0.00525. The van der Waals surface area contributed by atoms with Crippen molar-refractivity contribution in [2.24, 2.45) is 0 Å². The molecule has 0 N–H and O–H groups in total. The van der Waals surface area contributed by atoms with Crippen molar-refractivity contribution in [3.05, 3.63) is 71.5 Å². The van der Waals surface area contributed by atoms with E-state index in [-0.39, 0.29) is 18.9 Å². The van der Waals surface area contributed by atoms with Crippen molar-refractivity contribution >= 4 is 33.9 Å². The number of hydrogen-bond acceptors (Lipinski definition) is 7. The van der Waals surface area contributed by atoms with Gasteiger partial charge < -0.3 is 18.9 Å². The number of carbonyl (C=O) groups is 2. The fraction of sp³-hybridized carbons (Fsp3) is 0.321. The molecule has 8 nitrogen and oxygen atoms in total. The van der Waals surface area contributed by atoms with Crippen molar-refractivity contribution in [2.75, 3.05) is 13.7 Å². The molecule has 36 heavy (non-hydrogen) atoms. The third kappa shape index (κ3) is 5.04. The van der Waals surface area contributed by atoms with Gasteiger partial charge in [-0.2, -0.15) is 0 Å². The van der Waals surface area contributed by atoms with Crippen LogP contribution in [0.3, 0.4) is 0 Å². The normalized spacial score (nSPS) is 11.6. The van der Waals surface area contributed by atoms with E-state index in [2.05, 4.69) is 4.98 Å². The first-order valence-electron chi connectivity index (χ1n) is 11.8. The van der Waals surface area contributed by atoms with Crippen LogP contribution in [0.4, 0.5) is 4.79 Å². The Kier molecular flexibility index (Phi) is 7.26. The van der Waals surface area contributed by atoms with Crippen LogP contribution in [-0.2, 0) is 27.4 Å². The van der Waals surface area contributed by atoms with Crippen LogP contribution < -0.4 is 4.74 Å². The van der Waals surface area contributed by atoms with Gasteiger partial charge in [0, 0.05) is 18.1 Å². The lowest BCUT2D eigenvalue weighted by molar-refractivity contribution is 0.0513. The molecule has 4 rings (SSSR count). The molecule has 0 saturated carbocycles. The van der Waals surface area contributed by atoms with Crippen LogP contribution in [0.15, 0.2) is 54.7 Å². The summed E-state index contributed by atoms with van der Waals surface area (Å²) in [6.07, 6.45) is 0.933. The molecule has 2 heterocycles. The molecule has 0 fully saturated rings. The zero-order valence-electron chi connectivity index (χ0n) is 21.2. The van der Waals surface area contributed by atoms with E-state index in [1.165, 1.54) is 17.9 Å². The number of aromatic nitrogens is 2. The van der Waals surface area contributed by atoms with E-state index in [1.54, 1.807) is 27.7 Å². The molecule has 2 aromatic heterocycles. The van der Waals surface area contributed by atoms with E-state index in [0.717, 1.165) is 5.56 Å². The molecule has 0 aliphatic rings. The van der Waals surface area contributed by atoms with E-state index >= 15 is 0 Å². The van der Waals surface area contributed by atoms with Crippen LogP contribution in [0.5, 0.6) is 5.75 Å². The summed E-state index contributed by atoms with van der Waals surface area (Å²) in [6, 6.07) is 15.3. The van der Waals surface area contributed by atoms with Crippen molar-refractivity contribution in [3.8, 4) is 5.75 Å². The number of hydrogen-bond donors (Lipinski definition) is 0. The molecule has 0 atom stereocenters. The lowest BCUT2D eigenvalue weighted by Crippen LogP contribution is -2.27. The molecule has 4 aromatic rings. The second-order valence-corrected chi connectivity index (χ2v) is 9.24. The standard InChI is InChI=1S/C28H30N2O6/c1-6-34-26(31)25-19(17-33-5)23-21(15-29-25)30(27(32)36-28(2,3)4)20-13-10-14-22(24(20)23)35-16-18-11-8-7-9-12-18/h7-15H,6,16-17H2,1-5H3. The van der Waals surface area contributed by atoms with Crippen molar-refractivity contribution in [2.45, 2.75) is 46.5 Å². The van der Waals surface area contributed by atoms with Crippen LogP contribution in [-0.4, -0.2) is 40.9 Å². The average molecular weight is 491 g/mol. The minimum atomic E-state index is -0.713. The molecule has 0 aliphatic carbocycles. The highest BCUT2D eigenvalue weighted by Crippen LogP contribution is 2.39. The van der Waals surface area contributed by atoms with Gasteiger partial charge in [-0.25, -0.2) is 19.1 Å². The molecule has 0 radical (unpaired) electrons. The smallest absolute Gasteiger partial charge is 0.419 e. The van der Waals surface area contributed by atoms with Gasteiger partial charge in [0.1, 0.15) is 18.0 Å². The largest absolute Gasteiger partial charge is 0.488 e. The molecule has 8 heteroatoms. The van der Waals surface area contributed by atoms with Crippen molar-refractivity contribution in [3.63, 3.8) is 0 Å². The number of esters is 1. The molecule has 2 aromatic carbocycles. The predicted molar refractivity (Wildman–Crippen MR) is 136 cm³/mol. The number of ether oxygens (including phenoxy) is 4. The molecule has 188 valence electrons. The lowest BCUT2D eigenvalue weighted by atomic mass is 10.0. The molecular weight excluding hydrogens is 460 g/mol. The molecule has 0 aliphatic heterocycles. The molecular formula is C28H30N2O6. The molecule has 0 spiro atoms. The minimum absolute atomic E-state index is 0.0823. The molecule has 0 amide bonds. The summed E-state index contributed by atoms with van der Waals surface area (Å²) in [6.45, 7) is 7.77. The SMILES string of the molecule is CCOC(=O)c1ncc2c(c1COC)c1c(OCc3ccccc3)cccc1n2C(=O)OC(C)(C)C. The number of nitrogens with zero attached hydrogens (tertiary/aromatic N) is 2. The third-order valence-electron chi connectivity index (χ3n) is 5.47. The van der Waals surface area contributed by atoms with Gasteiger partial charge >= 0.3 is 12.1 Å². The predicted octanol–water partition coefficient (Wildman–Crippen LogP) is 5.87. The molecule has 0 saturated heterocycles. The first kappa shape index (κ1) is 25.2. The summed E-state index contributed by atoms with van der Waals surface area (Å²) in [5.41, 5.74) is 1.98. The van der Waals surface area contributed by atoms with Crippen molar-refractivity contribution in [1.82, 2.24) is 9.55 Å². The Morgan fingerprint density at radius 3 is 2.36 bits per heavy atom.